The van der Waals surface area contributed by atoms with E-state index in [0.717, 1.165) is 24.1 Å². The van der Waals surface area contributed by atoms with Gasteiger partial charge in [-0.25, -0.2) is 0 Å². The summed E-state index contributed by atoms with van der Waals surface area (Å²) in [5, 5.41) is 32.8. The fraction of sp³-hybridized carbons (Fsp3) is 0.250. The third kappa shape index (κ3) is 8.85. The third-order valence-electron chi connectivity index (χ3n) is 5.53. The number of unbranched alkanes of at least 4 members (excludes halogenated alkanes) is 1. The van der Waals surface area contributed by atoms with E-state index in [4.69, 9.17) is 0 Å². The van der Waals surface area contributed by atoms with Crippen LogP contribution in [0.2, 0.25) is 0 Å². The minimum atomic E-state index is -0.580. The van der Waals surface area contributed by atoms with Crippen LogP contribution in [0.25, 0.3) is 0 Å². The Hall–Kier alpha value is -4.93. The fourth-order valence-corrected chi connectivity index (χ4v) is 3.29. The highest BCUT2D eigenvalue weighted by Crippen LogP contribution is 2.16. The molecular formula is C28H32N8O3. The van der Waals surface area contributed by atoms with Crippen LogP contribution in [0.3, 0.4) is 0 Å². The number of non-ortho nitro benzene ring substituents is 1. The van der Waals surface area contributed by atoms with Gasteiger partial charge in [-0.05, 0) is 54.3 Å². The van der Waals surface area contributed by atoms with E-state index in [9.17, 15) is 15.2 Å². The molecule has 3 rings (SSSR count). The summed E-state index contributed by atoms with van der Waals surface area (Å²) in [5.41, 5.74) is 6.12. The van der Waals surface area contributed by atoms with Gasteiger partial charge in [0.05, 0.1) is 16.3 Å². The number of pyridine rings is 1. The molecule has 0 radical (unpaired) electrons. The zero-order valence-electron chi connectivity index (χ0n) is 22.5. The van der Waals surface area contributed by atoms with Crippen LogP contribution in [-0.2, 0) is 0 Å². The van der Waals surface area contributed by atoms with Crippen LogP contribution in [0, 0.1) is 10.1 Å². The molecule has 0 saturated heterocycles. The van der Waals surface area contributed by atoms with Crippen LogP contribution in [0.5, 0.6) is 0 Å². The lowest BCUT2D eigenvalue weighted by atomic mass is 10.2. The van der Waals surface area contributed by atoms with Crippen molar-refractivity contribution in [3.8, 4) is 0 Å². The van der Waals surface area contributed by atoms with Crippen LogP contribution in [-0.4, -0.2) is 49.1 Å². The Kier molecular flexibility index (Phi) is 10.4. The van der Waals surface area contributed by atoms with E-state index in [-0.39, 0.29) is 11.4 Å². The van der Waals surface area contributed by atoms with Crippen LogP contribution < -0.4 is 20.1 Å². The SMILES string of the molecule is CCCCN=C(C)C(=NNc1ccc([N+](=O)[O-])cc1)C([O-])=Nc1ccc[n+](/N=C\c2ccc(N(C)C)cc2)c1. The Bertz CT molecular complexity index is 1380. The van der Waals surface area contributed by atoms with Crippen LogP contribution in [0.15, 0.2) is 93.2 Å². The first-order chi connectivity index (χ1) is 18.8. The first-order valence-corrected chi connectivity index (χ1v) is 12.5. The lowest BCUT2D eigenvalue weighted by Crippen LogP contribution is -2.34. The van der Waals surface area contributed by atoms with Gasteiger partial charge in [0.25, 0.3) is 5.69 Å². The molecule has 1 N–H and O–H groups in total. The summed E-state index contributed by atoms with van der Waals surface area (Å²) >= 11 is 0. The predicted molar refractivity (Wildman–Crippen MR) is 155 cm³/mol. The fourth-order valence-electron chi connectivity index (χ4n) is 3.29. The Balaban J connectivity index is 1.84. The number of hydrazone groups is 1. The van der Waals surface area contributed by atoms with Gasteiger partial charge in [-0.15, -0.1) is 0 Å². The van der Waals surface area contributed by atoms with Gasteiger partial charge in [0.1, 0.15) is 17.6 Å². The van der Waals surface area contributed by atoms with Crippen molar-refractivity contribution >= 4 is 46.3 Å². The van der Waals surface area contributed by atoms with Crippen molar-refractivity contribution in [2.24, 2.45) is 20.2 Å². The summed E-state index contributed by atoms with van der Waals surface area (Å²) in [5.74, 6) is -0.580. The largest absolute Gasteiger partial charge is 0.857 e. The molecule has 1 aromatic heterocycles. The second kappa shape index (κ2) is 14.1. The van der Waals surface area contributed by atoms with Crippen molar-refractivity contribution in [2.45, 2.75) is 26.7 Å². The van der Waals surface area contributed by atoms with Gasteiger partial charge in [0.15, 0.2) is 0 Å². The molecule has 0 aliphatic heterocycles. The summed E-state index contributed by atoms with van der Waals surface area (Å²) in [6.07, 6.45) is 6.94. The van der Waals surface area contributed by atoms with Gasteiger partial charge in [-0.1, -0.05) is 30.2 Å². The molecule has 1 heterocycles. The zero-order valence-corrected chi connectivity index (χ0v) is 22.5. The third-order valence-corrected chi connectivity index (χ3v) is 5.53. The minimum absolute atomic E-state index is 0.0428. The highest BCUT2D eigenvalue weighted by molar-refractivity contribution is 6.65. The number of benzene rings is 2. The second-order valence-corrected chi connectivity index (χ2v) is 8.79. The molecule has 202 valence electrons. The van der Waals surface area contributed by atoms with Crippen LogP contribution in [0.4, 0.5) is 22.7 Å². The number of aliphatic imine (C=N–C) groups is 2. The van der Waals surface area contributed by atoms with Crippen molar-refractivity contribution in [3.63, 3.8) is 0 Å². The maximum absolute atomic E-state index is 13.2. The number of aromatic nitrogens is 1. The minimum Gasteiger partial charge on any atom is -0.857 e. The number of hydrogen-bond donors (Lipinski definition) is 1. The van der Waals surface area contributed by atoms with E-state index in [2.05, 4.69) is 32.5 Å². The first-order valence-electron chi connectivity index (χ1n) is 12.5. The van der Waals surface area contributed by atoms with Gasteiger partial charge >= 0.3 is 0 Å². The van der Waals surface area contributed by atoms with E-state index in [1.54, 1.807) is 42.3 Å². The monoisotopic (exact) mass is 528 g/mol. The maximum Gasteiger partial charge on any atom is 0.269 e. The first kappa shape index (κ1) is 28.6. The van der Waals surface area contributed by atoms with Gasteiger partial charge in [0, 0.05) is 50.4 Å². The number of rotatable bonds is 12. The molecule has 2 aromatic carbocycles. The standard InChI is InChI=1S/C28H32N8O3/c1-5-6-17-29-21(2)27(33-32-23-11-15-26(16-12-23)36(38)39)28(37)31-24-8-7-18-35(20-24)30-19-22-9-13-25(14-10-22)34(3)4/h7-16,18-20H,5-6,17H2,1-4H3,(H-,29,31,32,37)/b30-19-. The Labute approximate surface area is 227 Å². The summed E-state index contributed by atoms with van der Waals surface area (Å²) in [6, 6.07) is 17.1. The van der Waals surface area contributed by atoms with Crippen molar-refractivity contribution < 1.29 is 14.7 Å². The molecule has 0 saturated carbocycles. The molecular weight excluding hydrogens is 496 g/mol. The molecule has 0 spiro atoms. The molecule has 11 heteroatoms. The van der Waals surface area contributed by atoms with E-state index in [1.165, 1.54) is 24.3 Å². The van der Waals surface area contributed by atoms with Gasteiger partial charge in [0.2, 0.25) is 12.4 Å². The molecule has 0 unspecified atom stereocenters. The normalized spacial score (nSPS) is 12.6. The lowest BCUT2D eigenvalue weighted by molar-refractivity contribution is -0.677. The average molecular weight is 529 g/mol. The quantitative estimate of drug-likeness (QED) is 0.0948. The number of nitrogens with one attached hydrogen (secondary N) is 1. The highest BCUT2D eigenvalue weighted by Gasteiger charge is 2.09. The van der Waals surface area contributed by atoms with Crippen molar-refractivity contribution in [3.05, 3.63) is 88.7 Å². The number of nitrogens with zero attached hydrogens (tertiary/aromatic N) is 7. The number of anilines is 2. The van der Waals surface area contributed by atoms with E-state index >= 15 is 0 Å². The summed E-state index contributed by atoms with van der Waals surface area (Å²) in [7, 11) is 3.96. The smallest absolute Gasteiger partial charge is 0.269 e. The molecule has 39 heavy (non-hydrogen) atoms. The number of nitro groups is 1. The van der Waals surface area contributed by atoms with Crippen molar-refractivity contribution in [1.82, 2.24) is 0 Å². The molecule has 0 amide bonds. The van der Waals surface area contributed by atoms with Crippen LogP contribution in [0.1, 0.15) is 32.3 Å². The molecule has 11 nitrogen and oxygen atoms in total. The molecule has 0 bridgehead atoms. The lowest BCUT2D eigenvalue weighted by Gasteiger charge is -2.14. The predicted octanol–water partition coefficient (Wildman–Crippen LogP) is 3.95. The van der Waals surface area contributed by atoms with Gasteiger partial charge in [-0.3, -0.25) is 25.5 Å². The van der Waals surface area contributed by atoms with Crippen molar-refractivity contribution in [2.75, 3.05) is 31.0 Å². The van der Waals surface area contributed by atoms with Gasteiger partial charge in [-0.2, -0.15) is 5.10 Å². The molecule has 0 atom stereocenters. The molecule has 3 aromatic rings. The Morgan fingerprint density at radius 2 is 1.82 bits per heavy atom. The van der Waals surface area contributed by atoms with Crippen LogP contribution >= 0.6 is 0 Å². The zero-order chi connectivity index (χ0) is 28.2. The number of nitro benzene ring substituents is 1. The van der Waals surface area contributed by atoms with Gasteiger partial charge < -0.3 is 10.0 Å². The summed E-state index contributed by atoms with van der Waals surface area (Å²) in [4.78, 5) is 21.1. The number of hydrogen-bond acceptors (Lipinski definition) is 9. The molecule has 0 aliphatic rings. The van der Waals surface area contributed by atoms with E-state index in [0.29, 0.717) is 23.6 Å². The van der Waals surface area contributed by atoms with E-state index < -0.39 is 10.8 Å². The second-order valence-electron chi connectivity index (χ2n) is 8.79. The summed E-state index contributed by atoms with van der Waals surface area (Å²) in [6.45, 7) is 4.32. The molecule has 0 fully saturated rings. The topological polar surface area (TPSA) is 135 Å². The maximum atomic E-state index is 13.2. The molecule has 0 aliphatic carbocycles. The average Bonchev–Trinajstić information content (AvgIpc) is 2.93. The Morgan fingerprint density at radius 1 is 1.10 bits per heavy atom. The van der Waals surface area contributed by atoms with E-state index in [1.807, 2.05) is 43.3 Å². The van der Waals surface area contributed by atoms with Crippen molar-refractivity contribution in [1.29, 1.82) is 0 Å². The Morgan fingerprint density at radius 3 is 2.46 bits per heavy atom. The summed E-state index contributed by atoms with van der Waals surface area (Å²) < 4.78 is 1.57. The highest BCUT2D eigenvalue weighted by atomic mass is 16.6.